The second-order valence-corrected chi connectivity index (χ2v) is 6.83. The Bertz CT molecular complexity index is 990. The Hall–Kier alpha value is -3.05. The van der Waals surface area contributed by atoms with Crippen molar-refractivity contribution >= 4 is 29.2 Å². The van der Waals surface area contributed by atoms with Crippen LogP contribution in [0.1, 0.15) is 46.2 Å². The Balaban J connectivity index is 1.90. The third-order valence-electron chi connectivity index (χ3n) is 4.15. The third kappa shape index (κ3) is 4.20. The van der Waals surface area contributed by atoms with Crippen molar-refractivity contribution in [1.82, 2.24) is 0 Å². The highest BCUT2D eigenvalue weighted by molar-refractivity contribution is 6.31. The van der Waals surface area contributed by atoms with E-state index in [2.05, 4.69) is 19.2 Å². The minimum absolute atomic E-state index is 0.179. The van der Waals surface area contributed by atoms with Gasteiger partial charge in [0.25, 0.3) is 5.91 Å². The highest BCUT2D eigenvalue weighted by atomic mass is 35.5. The van der Waals surface area contributed by atoms with Crippen molar-refractivity contribution in [2.45, 2.75) is 19.8 Å². The molecule has 6 heteroatoms. The molecule has 3 rings (SSSR count). The maximum absolute atomic E-state index is 12.6. The molecule has 0 spiro atoms. The van der Waals surface area contributed by atoms with Crippen molar-refractivity contribution < 1.29 is 19.1 Å². The van der Waals surface area contributed by atoms with Gasteiger partial charge in [0, 0.05) is 16.1 Å². The molecule has 0 saturated heterocycles. The van der Waals surface area contributed by atoms with Gasteiger partial charge in [-0.05, 0) is 53.9 Å². The molecule has 3 aromatic rings. The van der Waals surface area contributed by atoms with Crippen molar-refractivity contribution in [2.24, 2.45) is 0 Å². The molecule has 0 radical (unpaired) electrons. The maximum Gasteiger partial charge on any atom is 0.371 e. The van der Waals surface area contributed by atoms with E-state index in [1.54, 1.807) is 36.4 Å². The van der Waals surface area contributed by atoms with Crippen LogP contribution in [0.2, 0.25) is 5.02 Å². The Labute approximate surface area is 161 Å². The van der Waals surface area contributed by atoms with Gasteiger partial charge in [-0.3, -0.25) is 4.79 Å². The topological polar surface area (TPSA) is 79.5 Å². The summed E-state index contributed by atoms with van der Waals surface area (Å²) in [6.07, 6.45) is 0. The van der Waals surface area contributed by atoms with E-state index in [0.717, 1.165) is 5.56 Å². The summed E-state index contributed by atoms with van der Waals surface area (Å²) >= 11 is 6.07. The van der Waals surface area contributed by atoms with Crippen LogP contribution in [0.15, 0.2) is 59.0 Å². The Kier molecular flexibility index (Phi) is 5.33. The maximum atomic E-state index is 12.6. The highest BCUT2D eigenvalue weighted by Crippen LogP contribution is 2.32. The average molecular weight is 384 g/mol. The SMILES string of the molecule is CC(C)c1ccc(C(=O)Nc2cc(Cl)ccc2-c2ccc(C(=O)O)o2)cc1. The molecule has 0 fully saturated rings. The molecule has 2 N–H and O–H groups in total. The fourth-order valence-electron chi connectivity index (χ4n) is 2.65. The van der Waals surface area contributed by atoms with Gasteiger partial charge in [-0.1, -0.05) is 37.6 Å². The van der Waals surface area contributed by atoms with Crippen molar-refractivity contribution in [1.29, 1.82) is 0 Å². The van der Waals surface area contributed by atoms with E-state index in [0.29, 0.717) is 33.5 Å². The van der Waals surface area contributed by atoms with Crippen LogP contribution >= 0.6 is 11.6 Å². The molecule has 0 saturated carbocycles. The lowest BCUT2D eigenvalue weighted by atomic mass is 10.0. The first kappa shape index (κ1) is 18.7. The molecule has 2 aromatic carbocycles. The Morgan fingerprint density at radius 3 is 2.33 bits per heavy atom. The fourth-order valence-corrected chi connectivity index (χ4v) is 2.82. The van der Waals surface area contributed by atoms with Gasteiger partial charge in [0.2, 0.25) is 5.76 Å². The monoisotopic (exact) mass is 383 g/mol. The summed E-state index contributed by atoms with van der Waals surface area (Å²) in [7, 11) is 0. The molecule has 1 heterocycles. The molecule has 1 amide bonds. The van der Waals surface area contributed by atoms with Crippen molar-refractivity contribution in [3.8, 4) is 11.3 Å². The van der Waals surface area contributed by atoms with Gasteiger partial charge < -0.3 is 14.8 Å². The number of hydrogen-bond donors (Lipinski definition) is 2. The van der Waals surface area contributed by atoms with Crippen LogP contribution in [0.3, 0.4) is 0 Å². The van der Waals surface area contributed by atoms with Crippen LogP contribution in [0.25, 0.3) is 11.3 Å². The molecule has 138 valence electrons. The molecule has 1 aromatic heterocycles. The number of amides is 1. The lowest BCUT2D eigenvalue weighted by Crippen LogP contribution is -2.12. The van der Waals surface area contributed by atoms with Crippen LogP contribution < -0.4 is 5.32 Å². The molecule has 0 unspecified atom stereocenters. The molecular weight excluding hydrogens is 366 g/mol. The highest BCUT2D eigenvalue weighted by Gasteiger charge is 2.16. The number of halogens is 1. The lowest BCUT2D eigenvalue weighted by Gasteiger charge is -2.11. The van der Waals surface area contributed by atoms with Gasteiger partial charge in [-0.2, -0.15) is 0 Å². The zero-order valence-electron chi connectivity index (χ0n) is 14.8. The normalized spacial score (nSPS) is 10.8. The Morgan fingerprint density at radius 2 is 1.74 bits per heavy atom. The van der Waals surface area contributed by atoms with E-state index in [1.807, 2.05) is 12.1 Å². The third-order valence-corrected chi connectivity index (χ3v) is 4.39. The van der Waals surface area contributed by atoms with Crippen LogP contribution in [0.5, 0.6) is 0 Å². The summed E-state index contributed by atoms with van der Waals surface area (Å²) in [5.74, 6) is -0.926. The summed E-state index contributed by atoms with van der Waals surface area (Å²) in [6, 6.07) is 15.2. The van der Waals surface area contributed by atoms with Gasteiger partial charge in [0.1, 0.15) is 5.76 Å². The molecule has 27 heavy (non-hydrogen) atoms. The van der Waals surface area contributed by atoms with Crippen LogP contribution in [-0.4, -0.2) is 17.0 Å². The molecule has 0 aliphatic rings. The number of benzene rings is 2. The van der Waals surface area contributed by atoms with E-state index in [9.17, 15) is 9.59 Å². The van der Waals surface area contributed by atoms with Gasteiger partial charge in [0.15, 0.2) is 0 Å². The number of carbonyl (C=O) groups excluding carboxylic acids is 1. The first-order valence-corrected chi connectivity index (χ1v) is 8.77. The molecule has 0 atom stereocenters. The molecule has 5 nitrogen and oxygen atoms in total. The van der Waals surface area contributed by atoms with Crippen LogP contribution in [0, 0.1) is 0 Å². The van der Waals surface area contributed by atoms with Crippen LogP contribution in [-0.2, 0) is 0 Å². The van der Waals surface area contributed by atoms with Crippen molar-refractivity contribution in [2.75, 3.05) is 5.32 Å². The number of nitrogens with one attached hydrogen (secondary N) is 1. The smallest absolute Gasteiger partial charge is 0.371 e. The van der Waals surface area contributed by atoms with Crippen molar-refractivity contribution in [3.05, 3.63) is 76.5 Å². The molecule has 0 aliphatic heterocycles. The average Bonchev–Trinajstić information content (AvgIpc) is 3.12. The van der Waals surface area contributed by atoms with E-state index in [4.69, 9.17) is 21.1 Å². The molecule has 0 bridgehead atoms. The Morgan fingerprint density at radius 1 is 1.04 bits per heavy atom. The summed E-state index contributed by atoms with van der Waals surface area (Å²) in [5, 5.41) is 12.3. The number of hydrogen-bond acceptors (Lipinski definition) is 3. The largest absolute Gasteiger partial charge is 0.475 e. The first-order chi connectivity index (χ1) is 12.8. The van der Waals surface area contributed by atoms with E-state index >= 15 is 0 Å². The second-order valence-electron chi connectivity index (χ2n) is 6.39. The predicted octanol–water partition coefficient (Wildman–Crippen LogP) is 5.67. The van der Waals surface area contributed by atoms with E-state index < -0.39 is 5.97 Å². The first-order valence-electron chi connectivity index (χ1n) is 8.39. The van der Waals surface area contributed by atoms with Crippen LogP contribution in [0.4, 0.5) is 5.69 Å². The summed E-state index contributed by atoms with van der Waals surface area (Å²) in [5.41, 5.74) is 2.63. The zero-order valence-corrected chi connectivity index (χ0v) is 15.6. The van der Waals surface area contributed by atoms with E-state index in [-0.39, 0.29) is 11.7 Å². The van der Waals surface area contributed by atoms with Gasteiger partial charge in [-0.15, -0.1) is 0 Å². The second kappa shape index (κ2) is 7.68. The fraction of sp³-hybridized carbons (Fsp3) is 0.143. The standard InChI is InChI=1S/C21H18ClNO4/c1-12(2)13-3-5-14(6-4-13)20(24)23-17-11-15(22)7-8-16(17)18-9-10-19(27-18)21(25)26/h3-12H,1-2H3,(H,23,24)(H,25,26). The molecular formula is C21H18ClNO4. The number of carbonyl (C=O) groups is 2. The van der Waals surface area contributed by atoms with E-state index in [1.165, 1.54) is 6.07 Å². The van der Waals surface area contributed by atoms with Crippen molar-refractivity contribution in [3.63, 3.8) is 0 Å². The predicted molar refractivity (Wildman–Crippen MR) is 105 cm³/mol. The summed E-state index contributed by atoms with van der Waals surface area (Å²) < 4.78 is 5.35. The minimum atomic E-state index is -1.16. The number of furan rings is 1. The quantitative estimate of drug-likeness (QED) is 0.594. The number of aromatic carboxylic acids is 1. The summed E-state index contributed by atoms with van der Waals surface area (Å²) in [4.78, 5) is 23.7. The number of carboxylic acid groups (broad SMARTS) is 1. The number of carboxylic acids is 1. The number of rotatable bonds is 5. The van der Waals surface area contributed by atoms with Gasteiger partial charge in [0.05, 0.1) is 5.69 Å². The number of anilines is 1. The lowest BCUT2D eigenvalue weighted by molar-refractivity contribution is 0.0663. The molecule has 0 aliphatic carbocycles. The van der Waals surface area contributed by atoms with Gasteiger partial charge >= 0.3 is 5.97 Å². The minimum Gasteiger partial charge on any atom is -0.475 e. The zero-order chi connectivity index (χ0) is 19.6. The van der Waals surface area contributed by atoms with Gasteiger partial charge in [-0.25, -0.2) is 4.79 Å². The summed E-state index contributed by atoms with van der Waals surface area (Å²) in [6.45, 7) is 4.17.